The van der Waals surface area contributed by atoms with Gasteiger partial charge in [-0.15, -0.1) is 11.3 Å². The molecule has 9 nitrogen and oxygen atoms in total. The zero-order chi connectivity index (χ0) is 24.9. The van der Waals surface area contributed by atoms with Gasteiger partial charge in [-0.3, -0.25) is 9.48 Å². The van der Waals surface area contributed by atoms with E-state index in [1.165, 1.54) is 6.92 Å². The fourth-order valence-electron chi connectivity index (χ4n) is 3.73. The number of hydrogen-bond acceptors (Lipinski definition) is 8. The number of nitrogens with one attached hydrogen (secondary N) is 1. The number of amides is 1. The highest BCUT2D eigenvalue weighted by molar-refractivity contribution is 7.17. The average molecular weight is 479 g/mol. The average Bonchev–Trinajstić information content (AvgIpc) is 3.46. The van der Waals surface area contributed by atoms with Crippen LogP contribution in [0.1, 0.15) is 27.2 Å². The van der Waals surface area contributed by atoms with Crippen molar-refractivity contribution in [1.29, 1.82) is 5.26 Å². The van der Waals surface area contributed by atoms with E-state index in [0.29, 0.717) is 19.0 Å². The molecule has 1 aliphatic rings. The summed E-state index contributed by atoms with van der Waals surface area (Å²) < 4.78 is 2.76. The van der Waals surface area contributed by atoms with Crippen LogP contribution in [-0.2, 0) is 10.3 Å². The Morgan fingerprint density at radius 2 is 2.12 bits per heavy atom. The van der Waals surface area contributed by atoms with Gasteiger partial charge >= 0.3 is 0 Å². The molecule has 0 unspecified atom stereocenters. The zero-order valence-corrected chi connectivity index (χ0v) is 21.1. The van der Waals surface area contributed by atoms with Crippen molar-refractivity contribution >= 4 is 33.4 Å². The lowest BCUT2D eigenvalue weighted by atomic mass is 9.87. The highest BCUT2D eigenvalue weighted by Gasteiger charge is 2.46. The molecular weight excluding hydrogens is 448 g/mol. The van der Waals surface area contributed by atoms with Gasteiger partial charge in [0, 0.05) is 52.1 Å². The fraction of sp³-hybridized carbons (Fsp3) is 0.375. The number of nitrogens with zero attached hydrogens (tertiary/aromatic N) is 7. The molecule has 10 heteroatoms. The maximum Gasteiger partial charge on any atom is 0.228 e. The number of anilines is 1. The molecule has 0 aromatic carbocycles. The van der Waals surface area contributed by atoms with Crippen molar-refractivity contribution in [3.8, 4) is 17.3 Å². The second-order valence-electron chi connectivity index (χ2n) is 8.02. The lowest BCUT2D eigenvalue weighted by Gasteiger charge is -2.48. The molecule has 1 fully saturated rings. The van der Waals surface area contributed by atoms with Gasteiger partial charge in [0.2, 0.25) is 11.9 Å². The van der Waals surface area contributed by atoms with Crippen LogP contribution < -0.4 is 5.32 Å². The molecule has 4 heterocycles. The first-order valence-electron chi connectivity index (χ1n) is 11.1. The van der Waals surface area contributed by atoms with Crippen molar-refractivity contribution in [3.05, 3.63) is 48.4 Å². The molecule has 3 aromatic rings. The summed E-state index contributed by atoms with van der Waals surface area (Å²) in [6.45, 7) is 10.3. The van der Waals surface area contributed by atoms with Crippen LogP contribution in [0.5, 0.6) is 0 Å². The van der Waals surface area contributed by atoms with Crippen molar-refractivity contribution in [2.24, 2.45) is 0 Å². The Balaban J connectivity index is 0.00000158. The quantitative estimate of drug-likeness (QED) is 0.511. The number of hydrogen-bond donors (Lipinski definition) is 1. The summed E-state index contributed by atoms with van der Waals surface area (Å²) >= 11 is 1.57. The number of thiophene rings is 1. The molecule has 0 bridgehead atoms. The number of fused-ring (bicyclic) bond motifs is 1. The SMILES string of the molecule is C=C/C(=C\N(C)C)Nc1nc(-c2cnn(C3(CC#N)CN(C(C)=O)C3)c2)c2sccc2n1.CC. The van der Waals surface area contributed by atoms with Crippen LogP contribution in [0, 0.1) is 11.3 Å². The summed E-state index contributed by atoms with van der Waals surface area (Å²) in [7, 11) is 3.86. The number of carbonyl (C=O) groups is 1. The summed E-state index contributed by atoms with van der Waals surface area (Å²) in [5, 5.41) is 19.1. The lowest BCUT2D eigenvalue weighted by molar-refractivity contribution is -0.140. The molecule has 0 spiro atoms. The standard InChI is InChI=1S/C22H24N8OS.C2H6/c1-5-17(12-28(3)4)25-21-26-18-6-9-32-20(18)19(27-21)16-10-24-30(11-16)22(7-8-23)13-29(14-22)15(2)31;1-2/h5-6,9-12H,1,7,13-14H2,2-4H3,(H,25,26,27);1-2H3/b17-12+;. The van der Waals surface area contributed by atoms with Crippen LogP contribution in [0.3, 0.4) is 0 Å². The third-order valence-electron chi connectivity index (χ3n) is 5.34. The molecule has 1 saturated heterocycles. The highest BCUT2D eigenvalue weighted by Crippen LogP contribution is 2.35. The Labute approximate surface area is 204 Å². The van der Waals surface area contributed by atoms with Crippen molar-refractivity contribution in [2.75, 3.05) is 32.5 Å². The molecule has 1 amide bonds. The van der Waals surface area contributed by atoms with Crippen LogP contribution in [0.2, 0.25) is 0 Å². The summed E-state index contributed by atoms with van der Waals surface area (Å²) in [5.41, 5.74) is 2.70. The third-order valence-corrected chi connectivity index (χ3v) is 6.25. The number of nitriles is 1. The van der Waals surface area contributed by atoms with Crippen LogP contribution in [0.25, 0.3) is 21.5 Å². The summed E-state index contributed by atoms with van der Waals surface area (Å²) in [5.74, 6) is 0.464. The van der Waals surface area contributed by atoms with E-state index in [1.807, 2.05) is 56.7 Å². The zero-order valence-electron chi connectivity index (χ0n) is 20.2. The first kappa shape index (κ1) is 24.9. The third kappa shape index (κ3) is 4.94. The van der Waals surface area contributed by atoms with Gasteiger partial charge in [0.25, 0.3) is 0 Å². The smallest absolute Gasteiger partial charge is 0.228 e. The minimum Gasteiger partial charge on any atom is -0.382 e. The van der Waals surface area contributed by atoms with Crippen molar-refractivity contribution in [1.82, 2.24) is 29.5 Å². The molecule has 4 rings (SSSR count). The Morgan fingerprint density at radius 3 is 2.74 bits per heavy atom. The minimum atomic E-state index is -0.508. The summed E-state index contributed by atoms with van der Waals surface area (Å²) in [6, 6.07) is 4.20. The number of likely N-dealkylation sites (tertiary alicyclic amines) is 1. The van der Waals surface area contributed by atoms with Gasteiger partial charge in [-0.2, -0.15) is 10.4 Å². The number of rotatable bonds is 7. The molecule has 1 aliphatic heterocycles. The molecule has 1 N–H and O–H groups in total. The van der Waals surface area contributed by atoms with Crippen LogP contribution in [-0.4, -0.2) is 62.6 Å². The van der Waals surface area contributed by atoms with E-state index in [2.05, 4.69) is 28.0 Å². The topological polar surface area (TPSA) is 103 Å². The van der Waals surface area contributed by atoms with E-state index in [1.54, 1.807) is 33.2 Å². The largest absolute Gasteiger partial charge is 0.382 e. The maximum atomic E-state index is 11.7. The normalized spacial score (nSPS) is 14.5. The van der Waals surface area contributed by atoms with Crippen molar-refractivity contribution in [3.63, 3.8) is 0 Å². The molecule has 34 heavy (non-hydrogen) atoms. The Hall–Kier alpha value is -3.71. The Kier molecular flexibility index (Phi) is 7.68. The van der Waals surface area contributed by atoms with Crippen molar-refractivity contribution < 1.29 is 4.79 Å². The first-order chi connectivity index (χ1) is 16.3. The molecule has 178 valence electrons. The fourth-order valence-corrected chi connectivity index (χ4v) is 4.58. The van der Waals surface area contributed by atoms with E-state index in [0.717, 1.165) is 27.2 Å². The van der Waals surface area contributed by atoms with Gasteiger partial charge in [0.15, 0.2) is 0 Å². The molecule has 3 aromatic heterocycles. The van der Waals surface area contributed by atoms with Crippen LogP contribution >= 0.6 is 11.3 Å². The van der Waals surface area contributed by atoms with Gasteiger partial charge in [-0.1, -0.05) is 20.4 Å². The minimum absolute atomic E-state index is 0.00144. The predicted octanol–water partition coefficient (Wildman–Crippen LogP) is 4.05. The summed E-state index contributed by atoms with van der Waals surface area (Å²) in [6.07, 6.45) is 7.55. The monoisotopic (exact) mass is 478 g/mol. The predicted molar refractivity (Wildman–Crippen MR) is 136 cm³/mol. The van der Waals surface area contributed by atoms with Crippen molar-refractivity contribution in [2.45, 2.75) is 32.7 Å². The van der Waals surface area contributed by atoms with Gasteiger partial charge in [-0.25, -0.2) is 9.97 Å². The Bertz CT molecular complexity index is 1240. The highest BCUT2D eigenvalue weighted by atomic mass is 32.1. The van der Waals surface area contributed by atoms with Gasteiger partial charge < -0.3 is 15.1 Å². The molecule has 0 aliphatic carbocycles. The van der Waals surface area contributed by atoms with E-state index in [-0.39, 0.29) is 12.3 Å². The number of allylic oxidation sites excluding steroid dienone is 1. The van der Waals surface area contributed by atoms with E-state index < -0.39 is 5.54 Å². The second-order valence-corrected chi connectivity index (χ2v) is 8.93. The van der Waals surface area contributed by atoms with Crippen LogP contribution in [0.4, 0.5) is 5.95 Å². The molecule has 0 radical (unpaired) electrons. The van der Waals surface area contributed by atoms with Gasteiger partial charge in [-0.05, 0) is 17.5 Å². The number of aromatic nitrogens is 4. The molecule has 0 saturated carbocycles. The van der Waals surface area contributed by atoms with E-state index >= 15 is 0 Å². The molecular formula is C24H30N8OS. The van der Waals surface area contributed by atoms with Crippen LogP contribution in [0.15, 0.2) is 48.4 Å². The first-order valence-corrected chi connectivity index (χ1v) is 11.9. The number of carbonyl (C=O) groups excluding carboxylic acids is 1. The van der Waals surface area contributed by atoms with Gasteiger partial charge in [0.05, 0.1) is 40.3 Å². The van der Waals surface area contributed by atoms with E-state index in [4.69, 9.17) is 4.98 Å². The lowest BCUT2D eigenvalue weighted by Crippen LogP contribution is -2.63. The molecule has 0 atom stereocenters. The maximum absolute atomic E-state index is 11.7. The van der Waals surface area contributed by atoms with E-state index in [9.17, 15) is 10.1 Å². The van der Waals surface area contributed by atoms with Gasteiger partial charge in [0.1, 0.15) is 5.54 Å². The Morgan fingerprint density at radius 1 is 1.38 bits per heavy atom. The summed E-state index contributed by atoms with van der Waals surface area (Å²) in [4.78, 5) is 24.7. The second kappa shape index (κ2) is 10.5.